The zero-order chi connectivity index (χ0) is 25.1. The summed E-state index contributed by atoms with van der Waals surface area (Å²) in [4.78, 5) is 36.3. The summed E-state index contributed by atoms with van der Waals surface area (Å²) in [5.74, 6) is 3.53. The third kappa shape index (κ3) is 4.16. The number of amides is 1. The second-order valence-corrected chi connectivity index (χ2v) is 12.6. The Kier molecular flexibility index (Phi) is 5.62. The molecule has 4 bridgehead atoms. The van der Waals surface area contributed by atoms with E-state index in [4.69, 9.17) is 9.72 Å². The molecular formula is C28H33N5O3S. The molecule has 1 aliphatic heterocycles. The maximum Gasteiger partial charge on any atom is 0.275 e. The van der Waals surface area contributed by atoms with Crippen LogP contribution in [0.1, 0.15) is 44.2 Å². The average molecular weight is 520 g/mol. The van der Waals surface area contributed by atoms with Gasteiger partial charge in [-0.25, -0.2) is 4.98 Å². The van der Waals surface area contributed by atoms with Gasteiger partial charge in [0.05, 0.1) is 18.2 Å². The van der Waals surface area contributed by atoms with E-state index in [0.29, 0.717) is 17.4 Å². The Morgan fingerprint density at radius 1 is 1.05 bits per heavy atom. The lowest BCUT2D eigenvalue weighted by Crippen LogP contribution is -2.58. The molecule has 0 radical (unpaired) electrons. The normalized spacial score (nSPS) is 29.2. The van der Waals surface area contributed by atoms with Crippen molar-refractivity contribution in [1.29, 1.82) is 0 Å². The number of benzene rings is 1. The molecule has 3 heterocycles. The fourth-order valence-corrected chi connectivity index (χ4v) is 8.78. The van der Waals surface area contributed by atoms with Gasteiger partial charge in [0.1, 0.15) is 10.8 Å². The molecule has 0 spiro atoms. The van der Waals surface area contributed by atoms with Crippen LogP contribution in [0, 0.1) is 23.2 Å². The molecule has 0 unspecified atom stereocenters. The summed E-state index contributed by atoms with van der Waals surface area (Å²) in [6, 6.07) is 9.25. The number of hydrogen-bond acceptors (Lipinski definition) is 7. The van der Waals surface area contributed by atoms with Crippen LogP contribution in [-0.4, -0.2) is 63.6 Å². The van der Waals surface area contributed by atoms with Crippen LogP contribution in [0.25, 0.3) is 15.5 Å². The number of carbonyl (C=O) groups is 1. The molecule has 37 heavy (non-hydrogen) atoms. The molecule has 194 valence electrons. The van der Waals surface area contributed by atoms with Gasteiger partial charge in [0, 0.05) is 44.4 Å². The molecule has 8 nitrogen and oxygen atoms in total. The zero-order valence-electron chi connectivity index (χ0n) is 21.3. The van der Waals surface area contributed by atoms with E-state index in [1.165, 1.54) is 35.1 Å². The summed E-state index contributed by atoms with van der Waals surface area (Å²) in [5.41, 5.74) is 1.42. The molecule has 5 aliphatic rings. The Balaban J connectivity index is 1.03. The fraction of sp³-hybridized carbons (Fsp3) is 0.571. The van der Waals surface area contributed by atoms with Crippen molar-refractivity contribution in [3.8, 4) is 16.3 Å². The number of nitrogens with zero attached hydrogens (tertiary/aromatic N) is 5. The summed E-state index contributed by atoms with van der Waals surface area (Å²) in [5, 5.41) is 5.23. The monoisotopic (exact) mass is 519 g/mol. The van der Waals surface area contributed by atoms with E-state index in [-0.39, 0.29) is 11.0 Å². The number of piperazine rings is 1. The molecule has 4 saturated carbocycles. The summed E-state index contributed by atoms with van der Waals surface area (Å²) >= 11 is 1.41. The summed E-state index contributed by atoms with van der Waals surface area (Å²) in [6.07, 6.45) is 7.45. The summed E-state index contributed by atoms with van der Waals surface area (Å²) in [6.45, 7) is 3.77. The highest BCUT2D eigenvalue weighted by Crippen LogP contribution is 2.60. The first-order chi connectivity index (χ1) is 18.0. The van der Waals surface area contributed by atoms with Crippen LogP contribution < -0.4 is 10.3 Å². The Bertz CT molecular complexity index is 1370. The molecule has 2 aromatic heterocycles. The molecule has 1 aromatic carbocycles. The maximum atomic E-state index is 13.7. The van der Waals surface area contributed by atoms with Crippen molar-refractivity contribution in [1.82, 2.24) is 24.4 Å². The summed E-state index contributed by atoms with van der Waals surface area (Å²) < 4.78 is 6.70. The minimum Gasteiger partial charge on any atom is -0.497 e. The Morgan fingerprint density at radius 3 is 2.43 bits per heavy atom. The van der Waals surface area contributed by atoms with E-state index in [0.717, 1.165) is 85.2 Å². The van der Waals surface area contributed by atoms with Crippen molar-refractivity contribution in [2.45, 2.75) is 45.1 Å². The SMILES string of the molecule is COc1cccc(-c2nn3c(=O)cc(CN4CCN(C(=O)C56CC7CC(CC(C7)C5)C6)CC4)nc3s2)c1. The van der Waals surface area contributed by atoms with E-state index in [9.17, 15) is 9.59 Å². The van der Waals surface area contributed by atoms with Gasteiger partial charge in [-0.15, -0.1) is 0 Å². The van der Waals surface area contributed by atoms with Gasteiger partial charge in [-0.1, -0.05) is 23.5 Å². The maximum absolute atomic E-state index is 13.7. The number of aromatic nitrogens is 3. The second kappa shape index (κ2) is 8.91. The van der Waals surface area contributed by atoms with E-state index < -0.39 is 0 Å². The lowest BCUT2D eigenvalue weighted by Gasteiger charge is -2.57. The van der Waals surface area contributed by atoms with Gasteiger partial charge in [0.15, 0.2) is 0 Å². The van der Waals surface area contributed by atoms with Crippen LogP contribution in [0.4, 0.5) is 0 Å². The highest BCUT2D eigenvalue weighted by Gasteiger charge is 2.55. The van der Waals surface area contributed by atoms with Crippen LogP contribution >= 0.6 is 11.3 Å². The van der Waals surface area contributed by atoms with Crippen LogP contribution in [-0.2, 0) is 11.3 Å². The summed E-state index contributed by atoms with van der Waals surface area (Å²) in [7, 11) is 1.63. The first-order valence-corrected chi connectivity index (χ1v) is 14.4. The first-order valence-electron chi connectivity index (χ1n) is 13.5. The van der Waals surface area contributed by atoms with Crippen molar-refractivity contribution in [3.05, 3.63) is 46.4 Å². The predicted molar refractivity (Wildman–Crippen MR) is 142 cm³/mol. The number of rotatable bonds is 5. The molecule has 3 aromatic rings. The lowest BCUT2D eigenvalue weighted by molar-refractivity contribution is -0.159. The number of carbonyl (C=O) groups excluding carboxylic acids is 1. The van der Waals surface area contributed by atoms with E-state index >= 15 is 0 Å². The Hall–Kier alpha value is -2.78. The van der Waals surface area contributed by atoms with Gasteiger partial charge in [-0.05, 0) is 68.4 Å². The minimum atomic E-state index is -0.166. The van der Waals surface area contributed by atoms with Crippen LogP contribution in [0.3, 0.4) is 0 Å². The molecule has 5 fully saturated rings. The van der Waals surface area contributed by atoms with Gasteiger partial charge in [0.25, 0.3) is 5.56 Å². The molecule has 1 amide bonds. The van der Waals surface area contributed by atoms with Gasteiger partial charge in [-0.2, -0.15) is 9.61 Å². The molecule has 0 N–H and O–H groups in total. The predicted octanol–water partition coefficient (Wildman–Crippen LogP) is 3.69. The molecule has 4 aliphatic carbocycles. The molecule has 0 atom stereocenters. The highest BCUT2D eigenvalue weighted by atomic mass is 32.1. The minimum absolute atomic E-state index is 0.0646. The Labute approximate surface area is 220 Å². The lowest BCUT2D eigenvalue weighted by atomic mass is 9.49. The van der Waals surface area contributed by atoms with Crippen LogP contribution in [0.5, 0.6) is 5.75 Å². The van der Waals surface area contributed by atoms with Crippen LogP contribution in [0.2, 0.25) is 0 Å². The number of methoxy groups -OCH3 is 1. The standard InChI is InChI=1S/C28H33N5O3S/c1-36-23-4-2-3-21(12-23)25-30-33-24(34)13-22(29-27(33)37-25)17-31-5-7-32(8-6-31)26(35)28-14-18-9-19(15-28)11-20(10-18)16-28/h2-4,12-13,18-20H,5-11,14-17H2,1H3. The number of ether oxygens (including phenoxy) is 1. The third-order valence-corrected chi connectivity index (χ3v) is 10.1. The number of hydrogen-bond donors (Lipinski definition) is 0. The largest absolute Gasteiger partial charge is 0.497 e. The average Bonchev–Trinajstić information content (AvgIpc) is 3.33. The van der Waals surface area contributed by atoms with Crippen molar-refractivity contribution in [2.24, 2.45) is 23.2 Å². The van der Waals surface area contributed by atoms with Gasteiger partial charge >= 0.3 is 0 Å². The fourth-order valence-electron chi connectivity index (χ4n) is 7.86. The smallest absolute Gasteiger partial charge is 0.275 e. The first kappa shape index (κ1) is 23.3. The Morgan fingerprint density at radius 2 is 1.76 bits per heavy atom. The van der Waals surface area contributed by atoms with Gasteiger partial charge < -0.3 is 9.64 Å². The van der Waals surface area contributed by atoms with E-state index in [2.05, 4.69) is 14.9 Å². The number of fused-ring (bicyclic) bond motifs is 1. The van der Waals surface area contributed by atoms with Crippen molar-refractivity contribution < 1.29 is 9.53 Å². The molecule has 9 heteroatoms. The molecule has 1 saturated heterocycles. The topological polar surface area (TPSA) is 80.0 Å². The van der Waals surface area contributed by atoms with E-state index in [1.807, 2.05) is 24.3 Å². The van der Waals surface area contributed by atoms with Crippen LogP contribution in [0.15, 0.2) is 35.1 Å². The van der Waals surface area contributed by atoms with Crippen molar-refractivity contribution in [3.63, 3.8) is 0 Å². The second-order valence-electron chi connectivity index (χ2n) is 11.7. The van der Waals surface area contributed by atoms with Gasteiger partial charge in [0.2, 0.25) is 10.9 Å². The quantitative estimate of drug-likeness (QED) is 0.512. The highest BCUT2D eigenvalue weighted by molar-refractivity contribution is 7.19. The van der Waals surface area contributed by atoms with E-state index in [1.54, 1.807) is 13.2 Å². The zero-order valence-corrected chi connectivity index (χ0v) is 22.1. The van der Waals surface area contributed by atoms with Crippen molar-refractivity contribution >= 4 is 22.2 Å². The van der Waals surface area contributed by atoms with Gasteiger partial charge in [-0.3, -0.25) is 14.5 Å². The molecule has 8 rings (SSSR count). The molecular weight excluding hydrogens is 486 g/mol. The van der Waals surface area contributed by atoms with Crippen molar-refractivity contribution in [2.75, 3.05) is 33.3 Å². The third-order valence-electron chi connectivity index (χ3n) is 9.15.